The first-order valence-electron chi connectivity index (χ1n) is 10.4. The lowest BCUT2D eigenvalue weighted by Crippen LogP contribution is -2.55. The summed E-state index contributed by atoms with van der Waals surface area (Å²) in [5, 5.41) is 8.51. The highest BCUT2D eigenvalue weighted by Crippen LogP contribution is 2.38. The van der Waals surface area contributed by atoms with Crippen LogP contribution in [0.25, 0.3) is 0 Å². The van der Waals surface area contributed by atoms with Crippen LogP contribution in [0.4, 0.5) is 5.69 Å². The molecule has 1 fully saturated rings. The molecule has 0 spiro atoms. The van der Waals surface area contributed by atoms with E-state index in [0.29, 0.717) is 5.75 Å². The number of hydrogen-bond donors (Lipinski definition) is 2. The van der Waals surface area contributed by atoms with Gasteiger partial charge in [-0.1, -0.05) is 50.0 Å². The topological polar surface area (TPSA) is 122 Å². The predicted octanol–water partition coefficient (Wildman–Crippen LogP) is 2.94. The lowest BCUT2D eigenvalue weighted by Gasteiger charge is -2.39. The maximum Gasteiger partial charge on any atom is 0.326 e. The minimum absolute atomic E-state index is 0.160. The first-order valence-corrected chi connectivity index (χ1v) is 15.3. The number of rotatable bonds is 9. The van der Waals surface area contributed by atoms with Crippen LogP contribution in [0.15, 0.2) is 48.5 Å². The first-order chi connectivity index (χ1) is 15.3. The second-order valence-corrected chi connectivity index (χ2v) is 16.2. The predicted molar refractivity (Wildman–Crippen MR) is 126 cm³/mol. The highest BCUT2D eigenvalue weighted by molar-refractivity contribution is 7.92. The van der Waals surface area contributed by atoms with Crippen molar-refractivity contribution in [3.05, 3.63) is 54.1 Å². The summed E-state index contributed by atoms with van der Waals surface area (Å²) >= 11 is 0. The molecule has 1 aliphatic heterocycles. The molecule has 2 N–H and O–H groups in total. The molecule has 3 rings (SSSR count). The van der Waals surface area contributed by atoms with E-state index in [9.17, 15) is 23.1 Å². The van der Waals surface area contributed by atoms with Gasteiger partial charge in [0.15, 0.2) is 0 Å². The Morgan fingerprint density at radius 1 is 1.18 bits per heavy atom. The summed E-state index contributed by atoms with van der Waals surface area (Å²) in [7, 11) is -6.16. The zero-order valence-electron chi connectivity index (χ0n) is 19.0. The van der Waals surface area contributed by atoms with Gasteiger partial charge >= 0.3 is 16.2 Å². The molecule has 0 bridgehead atoms. The fourth-order valence-corrected chi connectivity index (χ4v) is 5.54. The second kappa shape index (κ2) is 9.06. The summed E-state index contributed by atoms with van der Waals surface area (Å²) in [4.78, 5) is 23.3. The number of carboxylic acid groups (broad SMARTS) is 1. The molecular formula is C22H28N2O7SSi. The van der Waals surface area contributed by atoms with Gasteiger partial charge in [-0.25, -0.2) is 9.03 Å². The molecule has 0 saturated carbocycles. The third kappa shape index (κ3) is 5.66. The normalized spacial score (nSPS) is 17.2. The third-order valence-electron chi connectivity index (χ3n) is 5.68. The van der Waals surface area contributed by atoms with Gasteiger partial charge in [-0.05, 0) is 24.6 Å². The van der Waals surface area contributed by atoms with Crippen molar-refractivity contribution in [1.29, 1.82) is 0 Å². The fraction of sp³-hybridized carbons (Fsp3) is 0.364. The van der Waals surface area contributed by atoms with E-state index in [4.69, 9.17) is 9.47 Å². The molecule has 1 saturated heterocycles. The van der Waals surface area contributed by atoms with E-state index >= 15 is 0 Å². The second-order valence-electron chi connectivity index (χ2n) is 9.09. The zero-order chi connectivity index (χ0) is 24.4. The van der Waals surface area contributed by atoms with Gasteiger partial charge in [0.05, 0.1) is 20.2 Å². The third-order valence-corrected chi connectivity index (χ3v) is 10.5. The molecule has 1 heterocycles. The van der Waals surface area contributed by atoms with Crippen LogP contribution >= 0.6 is 0 Å². The Balaban J connectivity index is 2.00. The average Bonchev–Trinajstić information content (AvgIpc) is 2.97. The standard InChI is InChI=1S/C22H28N2O7SSi/c1-22(13-21(26)27,33(2,3)4)31-17-10-11-18(24-14-20(25)23-32(24,28)29)19(12-17)30-15-16-8-6-5-7-9-16/h5-12H,13-15H2,1-4H3,(H,23,25)(H,26,27). The fourth-order valence-electron chi connectivity index (χ4n) is 3.28. The van der Waals surface area contributed by atoms with E-state index in [1.165, 1.54) is 12.1 Å². The largest absolute Gasteiger partial charge is 0.491 e. The van der Waals surface area contributed by atoms with E-state index in [2.05, 4.69) is 0 Å². The van der Waals surface area contributed by atoms with Crippen LogP contribution < -0.4 is 18.5 Å². The minimum Gasteiger partial charge on any atom is -0.491 e. The number of hydrogen-bond acceptors (Lipinski definition) is 6. The van der Waals surface area contributed by atoms with E-state index < -0.39 is 35.4 Å². The van der Waals surface area contributed by atoms with Crippen LogP contribution in [0.3, 0.4) is 0 Å². The van der Waals surface area contributed by atoms with Crippen LogP contribution in [-0.2, 0) is 26.4 Å². The number of nitrogens with one attached hydrogen (secondary N) is 1. The number of carbonyl (C=O) groups excluding carboxylic acids is 1. The van der Waals surface area contributed by atoms with Crippen LogP contribution in [0.5, 0.6) is 11.5 Å². The van der Waals surface area contributed by atoms with E-state index in [-0.39, 0.29) is 31.0 Å². The molecule has 1 aliphatic rings. The van der Waals surface area contributed by atoms with Crippen molar-refractivity contribution >= 4 is 35.8 Å². The van der Waals surface area contributed by atoms with Crippen LogP contribution in [0.1, 0.15) is 18.9 Å². The van der Waals surface area contributed by atoms with Gasteiger partial charge in [0.25, 0.3) is 5.91 Å². The molecule has 0 aliphatic carbocycles. The van der Waals surface area contributed by atoms with Gasteiger partial charge in [0.2, 0.25) is 0 Å². The van der Waals surface area contributed by atoms with Gasteiger partial charge in [-0.3, -0.25) is 9.59 Å². The molecule has 9 nitrogen and oxygen atoms in total. The maximum atomic E-state index is 12.4. The molecule has 1 atom stereocenters. The molecule has 178 valence electrons. The van der Waals surface area contributed by atoms with Gasteiger partial charge in [-0.2, -0.15) is 8.42 Å². The Morgan fingerprint density at radius 3 is 2.39 bits per heavy atom. The molecular weight excluding hydrogens is 464 g/mol. The zero-order valence-corrected chi connectivity index (χ0v) is 20.8. The minimum atomic E-state index is -4.04. The Labute approximate surface area is 194 Å². The van der Waals surface area contributed by atoms with Gasteiger partial charge in [0.1, 0.15) is 29.9 Å². The Kier molecular flexibility index (Phi) is 6.75. The van der Waals surface area contributed by atoms with E-state index in [1.807, 2.05) is 54.7 Å². The molecule has 2 aromatic rings. The van der Waals surface area contributed by atoms with Crippen molar-refractivity contribution in [1.82, 2.24) is 4.72 Å². The molecule has 1 amide bonds. The number of nitrogens with zero attached hydrogens (tertiary/aromatic N) is 1. The van der Waals surface area contributed by atoms with E-state index in [0.717, 1.165) is 9.87 Å². The van der Waals surface area contributed by atoms with Crippen molar-refractivity contribution < 1.29 is 32.6 Å². The number of aliphatic carboxylic acids is 1. The van der Waals surface area contributed by atoms with Crippen LogP contribution in [0, 0.1) is 0 Å². The molecule has 2 aromatic carbocycles. The van der Waals surface area contributed by atoms with Crippen LogP contribution in [-0.4, -0.2) is 45.2 Å². The van der Waals surface area contributed by atoms with Crippen molar-refractivity contribution in [2.24, 2.45) is 0 Å². The van der Waals surface area contributed by atoms with Crippen molar-refractivity contribution in [2.75, 3.05) is 10.8 Å². The lowest BCUT2D eigenvalue weighted by atomic mass is 10.2. The molecule has 11 heteroatoms. The highest BCUT2D eigenvalue weighted by atomic mass is 32.2. The molecule has 1 unspecified atom stereocenters. The summed E-state index contributed by atoms with van der Waals surface area (Å²) in [6, 6.07) is 13.9. The number of carbonyl (C=O) groups is 2. The Morgan fingerprint density at radius 2 is 1.85 bits per heavy atom. The highest BCUT2D eigenvalue weighted by Gasteiger charge is 2.44. The molecule has 0 aromatic heterocycles. The van der Waals surface area contributed by atoms with Crippen LogP contribution in [0.2, 0.25) is 19.6 Å². The smallest absolute Gasteiger partial charge is 0.326 e. The van der Waals surface area contributed by atoms with Gasteiger partial charge < -0.3 is 14.6 Å². The van der Waals surface area contributed by atoms with Crippen molar-refractivity contribution in [3.8, 4) is 11.5 Å². The molecule has 0 radical (unpaired) electrons. The monoisotopic (exact) mass is 492 g/mol. The maximum absolute atomic E-state index is 12.4. The number of ether oxygens (including phenoxy) is 2. The van der Waals surface area contributed by atoms with E-state index in [1.54, 1.807) is 13.0 Å². The summed E-state index contributed by atoms with van der Waals surface area (Å²) in [5.74, 6) is -1.06. The van der Waals surface area contributed by atoms with Crippen molar-refractivity contribution in [3.63, 3.8) is 0 Å². The number of benzene rings is 2. The number of amides is 1. The quantitative estimate of drug-likeness (QED) is 0.516. The van der Waals surface area contributed by atoms with Gasteiger partial charge in [0, 0.05) is 6.07 Å². The Hall–Kier alpha value is -3.05. The molecule has 33 heavy (non-hydrogen) atoms. The lowest BCUT2D eigenvalue weighted by molar-refractivity contribution is -0.139. The SMILES string of the molecule is CC(CC(=O)O)(Oc1ccc(N2CC(=O)NS2(=O)=O)c(OCc2ccccc2)c1)[Si](C)(C)C. The number of anilines is 1. The summed E-state index contributed by atoms with van der Waals surface area (Å²) in [6.45, 7) is 7.63. The summed E-state index contributed by atoms with van der Waals surface area (Å²) in [6.07, 6.45) is -0.177. The number of carboxylic acids is 1. The first kappa shape index (κ1) is 24.6. The summed E-state index contributed by atoms with van der Waals surface area (Å²) < 4.78 is 39.9. The van der Waals surface area contributed by atoms with Gasteiger partial charge in [-0.15, -0.1) is 0 Å². The van der Waals surface area contributed by atoms with Crippen molar-refractivity contribution in [2.45, 2.75) is 44.8 Å². The Bertz CT molecular complexity index is 1150. The summed E-state index contributed by atoms with van der Waals surface area (Å²) in [5.41, 5.74) is 1.05. The average molecular weight is 493 g/mol.